The summed E-state index contributed by atoms with van der Waals surface area (Å²) < 4.78 is 17.6. The number of hydrogen-bond acceptors (Lipinski definition) is 3. The molecule has 2 aromatic heterocycles. The standard InChI is InChI=1S/C20H17FN4O2/c1-13-7-8-16(11-14(13)2)23-9-10-24-18(19(23)26)22-25(20(24)27)12-15-5-3-4-6-17(15)21/h3-11H,12H2,1-2H3. The van der Waals surface area contributed by atoms with Gasteiger partial charge in [-0.1, -0.05) is 24.3 Å². The Kier molecular flexibility index (Phi) is 3.99. The van der Waals surface area contributed by atoms with Crippen molar-refractivity contribution in [3.05, 3.63) is 98.2 Å². The maximum atomic E-state index is 13.9. The highest BCUT2D eigenvalue weighted by atomic mass is 19.1. The van der Waals surface area contributed by atoms with Gasteiger partial charge in [-0.15, -0.1) is 5.10 Å². The number of benzene rings is 2. The van der Waals surface area contributed by atoms with E-state index in [9.17, 15) is 14.0 Å². The Morgan fingerprint density at radius 3 is 2.52 bits per heavy atom. The lowest BCUT2D eigenvalue weighted by atomic mass is 10.1. The number of aromatic nitrogens is 4. The lowest BCUT2D eigenvalue weighted by molar-refractivity contribution is 0.578. The van der Waals surface area contributed by atoms with Crippen LogP contribution in [0.3, 0.4) is 0 Å². The van der Waals surface area contributed by atoms with Crippen molar-refractivity contribution in [1.82, 2.24) is 18.7 Å². The van der Waals surface area contributed by atoms with Gasteiger partial charge in [0.15, 0.2) is 0 Å². The van der Waals surface area contributed by atoms with E-state index in [0.29, 0.717) is 11.3 Å². The van der Waals surface area contributed by atoms with Crippen LogP contribution in [0.15, 0.2) is 64.4 Å². The molecular weight excluding hydrogens is 347 g/mol. The van der Waals surface area contributed by atoms with Crippen LogP contribution in [-0.2, 0) is 6.54 Å². The maximum Gasteiger partial charge on any atom is 0.350 e. The summed E-state index contributed by atoms with van der Waals surface area (Å²) in [5.41, 5.74) is 2.30. The fourth-order valence-corrected chi connectivity index (χ4v) is 2.98. The minimum absolute atomic E-state index is 0.00272. The van der Waals surface area contributed by atoms with Gasteiger partial charge in [0.2, 0.25) is 5.65 Å². The van der Waals surface area contributed by atoms with Gasteiger partial charge < -0.3 is 0 Å². The molecule has 7 heteroatoms. The minimum atomic E-state index is -0.488. The molecule has 0 saturated carbocycles. The van der Waals surface area contributed by atoms with E-state index in [4.69, 9.17) is 0 Å². The van der Waals surface area contributed by atoms with Crippen LogP contribution in [0.2, 0.25) is 0 Å². The van der Waals surface area contributed by atoms with E-state index >= 15 is 0 Å². The molecule has 4 rings (SSSR count). The van der Waals surface area contributed by atoms with Crippen LogP contribution < -0.4 is 11.2 Å². The van der Waals surface area contributed by atoms with Gasteiger partial charge in [0.1, 0.15) is 5.82 Å². The fourth-order valence-electron chi connectivity index (χ4n) is 2.98. The molecule has 0 bridgehead atoms. The Labute approximate surface area is 153 Å². The lowest BCUT2D eigenvalue weighted by Gasteiger charge is -2.08. The molecular formula is C20H17FN4O2. The third kappa shape index (κ3) is 2.87. The number of halogens is 1. The topological polar surface area (TPSA) is 61.3 Å². The van der Waals surface area contributed by atoms with E-state index in [1.165, 1.54) is 27.4 Å². The number of fused-ring (bicyclic) bond motifs is 1. The second kappa shape index (κ2) is 6.35. The normalized spacial score (nSPS) is 11.2. The van der Waals surface area contributed by atoms with E-state index < -0.39 is 17.1 Å². The molecule has 136 valence electrons. The quantitative estimate of drug-likeness (QED) is 0.561. The first-order valence-corrected chi connectivity index (χ1v) is 8.47. The molecule has 27 heavy (non-hydrogen) atoms. The van der Waals surface area contributed by atoms with Crippen molar-refractivity contribution in [3.63, 3.8) is 0 Å². The van der Waals surface area contributed by atoms with Gasteiger partial charge in [-0.3, -0.25) is 9.36 Å². The zero-order valence-electron chi connectivity index (χ0n) is 14.9. The number of nitrogens with zero attached hydrogens (tertiary/aromatic N) is 4. The molecule has 0 fully saturated rings. The molecule has 0 atom stereocenters. The molecule has 6 nitrogen and oxygen atoms in total. The predicted octanol–water partition coefficient (Wildman–Crippen LogP) is 2.45. The molecule has 0 amide bonds. The van der Waals surface area contributed by atoms with Crippen LogP contribution in [0.1, 0.15) is 16.7 Å². The van der Waals surface area contributed by atoms with Gasteiger partial charge in [0.25, 0.3) is 0 Å². The van der Waals surface area contributed by atoms with Gasteiger partial charge in [0.05, 0.1) is 6.54 Å². The molecule has 2 aromatic carbocycles. The summed E-state index contributed by atoms with van der Waals surface area (Å²) in [5.74, 6) is -0.422. The van der Waals surface area contributed by atoms with Crippen molar-refractivity contribution in [2.24, 2.45) is 0 Å². The molecule has 0 aliphatic heterocycles. The van der Waals surface area contributed by atoms with E-state index in [1.54, 1.807) is 18.2 Å². The number of hydrogen-bond donors (Lipinski definition) is 0. The maximum absolute atomic E-state index is 13.9. The second-order valence-corrected chi connectivity index (χ2v) is 6.47. The molecule has 2 heterocycles. The summed E-state index contributed by atoms with van der Waals surface area (Å²) in [7, 11) is 0. The van der Waals surface area contributed by atoms with Gasteiger partial charge >= 0.3 is 11.2 Å². The zero-order chi connectivity index (χ0) is 19.1. The zero-order valence-corrected chi connectivity index (χ0v) is 14.9. The van der Waals surface area contributed by atoms with Crippen molar-refractivity contribution in [1.29, 1.82) is 0 Å². The molecule has 4 aromatic rings. The molecule has 0 aliphatic rings. The first-order valence-electron chi connectivity index (χ1n) is 8.47. The smallest absolute Gasteiger partial charge is 0.280 e. The molecule has 0 spiro atoms. The Morgan fingerprint density at radius 2 is 1.78 bits per heavy atom. The van der Waals surface area contributed by atoms with E-state index in [1.807, 2.05) is 32.0 Å². The van der Waals surface area contributed by atoms with Gasteiger partial charge in [-0.25, -0.2) is 18.3 Å². The van der Waals surface area contributed by atoms with Gasteiger partial charge in [-0.05, 0) is 43.2 Å². The van der Waals surface area contributed by atoms with E-state index in [2.05, 4.69) is 5.10 Å². The van der Waals surface area contributed by atoms with E-state index in [0.717, 1.165) is 15.8 Å². The third-order valence-electron chi connectivity index (χ3n) is 4.69. The first-order chi connectivity index (χ1) is 13.0. The van der Waals surface area contributed by atoms with Crippen molar-refractivity contribution in [2.45, 2.75) is 20.4 Å². The largest absolute Gasteiger partial charge is 0.350 e. The second-order valence-electron chi connectivity index (χ2n) is 6.47. The number of rotatable bonds is 3. The molecule has 0 radical (unpaired) electrons. The molecule has 0 N–H and O–H groups in total. The number of aryl methyl sites for hydroxylation is 2. The summed E-state index contributed by atoms with van der Waals surface area (Å²) in [6, 6.07) is 11.8. The van der Waals surface area contributed by atoms with Crippen LogP contribution in [0.4, 0.5) is 4.39 Å². The highest BCUT2D eigenvalue weighted by molar-refractivity contribution is 5.43. The summed E-state index contributed by atoms with van der Waals surface area (Å²) in [6.07, 6.45) is 3.04. The van der Waals surface area contributed by atoms with Gasteiger partial charge in [-0.2, -0.15) is 0 Å². The Morgan fingerprint density at radius 1 is 1.00 bits per heavy atom. The fraction of sp³-hybridized carbons (Fsp3) is 0.150. The van der Waals surface area contributed by atoms with Crippen molar-refractivity contribution >= 4 is 5.65 Å². The molecule has 0 unspecified atom stereocenters. The first kappa shape index (κ1) is 17.0. The SMILES string of the molecule is Cc1ccc(-n2ccn3c(=O)n(Cc4ccccc4F)nc3c2=O)cc1C. The molecule has 0 saturated heterocycles. The Hall–Kier alpha value is -3.48. The van der Waals surface area contributed by atoms with Crippen molar-refractivity contribution in [3.8, 4) is 5.69 Å². The van der Waals surface area contributed by atoms with Crippen LogP contribution >= 0.6 is 0 Å². The minimum Gasteiger partial charge on any atom is -0.280 e. The summed E-state index contributed by atoms with van der Waals surface area (Å²) in [6.45, 7) is 3.92. The summed E-state index contributed by atoms with van der Waals surface area (Å²) in [4.78, 5) is 25.4. The highest BCUT2D eigenvalue weighted by Crippen LogP contribution is 2.13. The van der Waals surface area contributed by atoms with Crippen LogP contribution in [0.5, 0.6) is 0 Å². The Balaban J connectivity index is 1.84. The average Bonchev–Trinajstić information content (AvgIpc) is 2.97. The van der Waals surface area contributed by atoms with E-state index in [-0.39, 0.29) is 12.2 Å². The monoisotopic (exact) mass is 364 g/mol. The summed E-state index contributed by atoms with van der Waals surface area (Å²) >= 11 is 0. The summed E-state index contributed by atoms with van der Waals surface area (Å²) in [5, 5.41) is 4.14. The van der Waals surface area contributed by atoms with Crippen molar-refractivity contribution in [2.75, 3.05) is 0 Å². The Bertz CT molecular complexity index is 1280. The average molecular weight is 364 g/mol. The van der Waals surface area contributed by atoms with Gasteiger partial charge in [0, 0.05) is 23.6 Å². The highest BCUT2D eigenvalue weighted by Gasteiger charge is 2.14. The van der Waals surface area contributed by atoms with Crippen LogP contribution in [-0.4, -0.2) is 18.7 Å². The van der Waals surface area contributed by atoms with Crippen molar-refractivity contribution < 1.29 is 4.39 Å². The van der Waals surface area contributed by atoms with Crippen LogP contribution in [0, 0.1) is 19.7 Å². The van der Waals surface area contributed by atoms with Crippen LogP contribution in [0.25, 0.3) is 11.3 Å². The molecule has 0 aliphatic carbocycles. The predicted molar refractivity (Wildman–Crippen MR) is 100 cm³/mol. The lowest BCUT2D eigenvalue weighted by Crippen LogP contribution is -2.24. The third-order valence-corrected chi connectivity index (χ3v) is 4.69.